The maximum absolute atomic E-state index is 15.0. The molecule has 6 aliphatic rings. The molecule has 1 saturated heterocycles. The van der Waals surface area contributed by atoms with Gasteiger partial charge < -0.3 is 5.32 Å². The molecule has 214 valence electrons. The van der Waals surface area contributed by atoms with Gasteiger partial charge in [0, 0.05) is 17.7 Å². The van der Waals surface area contributed by atoms with Gasteiger partial charge >= 0.3 is 0 Å². The van der Waals surface area contributed by atoms with Crippen LogP contribution in [0, 0.1) is 23.6 Å². The van der Waals surface area contributed by atoms with Gasteiger partial charge in [0.05, 0.1) is 16.0 Å². The minimum atomic E-state index is -1.08. The average molecular weight is 576 g/mol. The van der Waals surface area contributed by atoms with E-state index in [1.54, 1.807) is 0 Å². The Balaban J connectivity index is 0.985. The van der Waals surface area contributed by atoms with Crippen molar-refractivity contribution in [2.75, 3.05) is 6.54 Å². The number of nitrogens with one attached hydrogen (secondary N) is 2. The predicted molar refractivity (Wildman–Crippen MR) is 152 cm³/mol. The average Bonchev–Trinajstić information content (AvgIpc) is 3.17. The number of benzene rings is 2. The summed E-state index contributed by atoms with van der Waals surface area (Å²) in [5.74, 6) is 0.191. The fraction of sp³-hybridized carbons (Fsp3) is 0.500. The third-order valence-corrected chi connectivity index (χ3v) is 11.0. The van der Waals surface area contributed by atoms with Gasteiger partial charge in [0.15, 0.2) is 0 Å². The molecule has 2 aliphatic heterocycles. The van der Waals surface area contributed by atoms with E-state index in [2.05, 4.69) is 22.8 Å². The zero-order chi connectivity index (χ0) is 28.3. The van der Waals surface area contributed by atoms with Crippen LogP contribution in [0.15, 0.2) is 41.3 Å². The number of piperidine rings is 1. The molecule has 41 heavy (non-hydrogen) atoms. The van der Waals surface area contributed by atoms with Crippen molar-refractivity contribution in [2.45, 2.75) is 80.0 Å². The third kappa shape index (κ3) is 4.91. The second kappa shape index (κ2) is 10.3. The summed E-state index contributed by atoms with van der Waals surface area (Å²) in [7, 11) is 0. The van der Waals surface area contributed by atoms with Crippen molar-refractivity contribution in [3.63, 3.8) is 0 Å². The van der Waals surface area contributed by atoms with Gasteiger partial charge in [-0.1, -0.05) is 24.3 Å². The largest absolute Gasteiger partial charge is 0.311 e. The molecule has 2 N–H and O–H groups in total. The molecule has 0 radical (unpaired) electrons. The van der Waals surface area contributed by atoms with Crippen LogP contribution >= 0.6 is 11.8 Å². The number of amides is 4. The number of hydrogen-bond donors (Lipinski definition) is 2. The van der Waals surface area contributed by atoms with Crippen molar-refractivity contribution >= 4 is 35.4 Å². The highest BCUT2D eigenvalue weighted by molar-refractivity contribution is 7.98. The molecule has 1 unspecified atom stereocenters. The van der Waals surface area contributed by atoms with E-state index in [1.165, 1.54) is 68.0 Å². The number of carbonyl (C=O) groups excluding carboxylic acids is 4. The Bertz CT molecular complexity index is 1410. The normalized spacial score (nSPS) is 30.2. The van der Waals surface area contributed by atoms with E-state index in [-0.39, 0.29) is 28.9 Å². The molecule has 4 saturated carbocycles. The zero-order valence-electron chi connectivity index (χ0n) is 22.9. The highest BCUT2D eigenvalue weighted by atomic mass is 32.2. The number of carbonyl (C=O) groups is 4. The smallest absolute Gasteiger partial charge is 0.263 e. The lowest BCUT2D eigenvalue weighted by Crippen LogP contribution is -2.58. The number of imide groups is 2. The summed E-state index contributed by atoms with van der Waals surface area (Å²) < 4.78 is 15.0. The number of nitrogens with zero attached hydrogens (tertiary/aromatic N) is 1. The van der Waals surface area contributed by atoms with E-state index in [1.807, 2.05) is 12.1 Å². The molecular weight excluding hydrogens is 541 g/mol. The molecule has 2 aromatic rings. The van der Waals surface area contributed by atoms with Gasteiger partial charge in [0.1, 0.15) is 11.9 Å². The van der Waals surface area contributed by atoms with Crippen LogP contribution in [0.25, 0.3) is 0 Å². The van der Waals surface area contributed by atoms with Crippen molar-refractivity contribution < 1.29 is 23.6 Å². The van der Waals surface area contributed by atoms with Crippen LogP contribution in [-0.4, -0.2) is 46.7 Å². The predicted octanol–water partition coefficient (Wildman–Crippen LogP) is 4.62. The molecule has 2 heterocycles. The zero-order valence-corrected chi connectivity index (χ0v) is 23.7. The van der Waals surface area contributed by atoms with E-state index in [9.17, 15) is 23.6 Å². The first-order valence-corrected chi connectivity index (χ1v) is 15.8. The highest BCUT2D eigenvalue weighted by Gasteiger charge is 2.50. The first kappa shape index (κ1) is 26.8. The summed E-state index contributed by atoms with van der Waals surface area (Å²) in [5, 5.41) is 6.14. The van der Waals surface area contributed by atoms with Gasteiger partial charge in [0.25, 0.3) is 11.8 Å². The number of rotatable bonds is 8. The molecule has 2 aromatic carbocycles. The molecule has 5 fully saturated rings. The fourth-order valence-corrected chi connectivity index (χ4v) is 9.45. The molecular formula is C32H34FN3O4S. The van der Waals surface area contributed by atoms with Crippen molar-refractivity contribution in [2.24, 2.45) is 17.8 Å². The summed E-state index contributed by atoms with van der Waals surface area (Å²) in [6, 6.07) is 9.72. The monoisotopic (exact) mass is 575 g/mol. The lowest BCUT2D eigenvalue weighted by molar-refractivity contribution is -0.136. The van der Waals surface area contributed by atoms with Gasteiger partial charge in [-0.3, -0.25) is 29.4 Å². The standard InChI is InChI=1S/C32H34FN3O4S/c33-24-6-5-23-27(31(40)36(30(23)39)25-7-8-26(37)35-29(25)38)28(24)41-17-19-3-1-18(2-4-19)9-10-34-32-14-20-11-21(15-32)13-22(12-20)16-32/h1-6,20-22,25,34H,7-17H2,(H,35,37,38). The number of thioether (sulfide) groups is 1. The molecule has 4 aliphatic carbocycles. The Morgan fingerprint density at radius 1 is 0.902 bits per heavy atom. The molecule has 0 spiro atoms. The summed E-state index contributed by atoms with van der Waals surface area (Å²) in [5.41, 5.74) is 2.69. The van der Waals surface area contributed by atoms with E-state index >= 15 is 0 Å². The van der Waals surface area contributed by atoms with E-state index in [4.69, 9.17) is 0 Å². The number of fused-ring (bicyclic) bond motifs is 1. The molecule has 7 nitrogen and oxygen atoms in total. The van der Waals surface area contributed by atoms with Crippen LogP contribution in [0.1, 0.15) is 83.2 Å². The first-order chi connectivity index (χ1) is 19.8. The Labute approximate surface area is 243 Å². The number of hydrogen-bond acceptors (Lipinski definition) is 6. The molecule has 4 bridgehead atoms. The highest BCUT2D eigenvalue weighted by Crippen LogP contribution is 2.55. The Hall–Kier alpha value is -3.04. The van der Waals surface area contributed by atoms with E-state index < -0.39 is 35.5 Å². The van der Waals surface area contributed by atoms with Crippen molar-refractivity contribution in [1.29, 1.82) is 0 Å². The van der Waals surface area contributed by atoms with Gasteiger partial charge in [-0.15, -0.1) is 11.8 Å². The third-order valence-electron chi connectivity index (χ3n) is 9.87. The maximum Gasteiger partial charge on any atom is 0.263 e. The van der Waals surface area contributed by atoms with E-state index in [0.29, 0.717) is 11.3 Å². The first-order valence-electron chi connectivity index (χ1n) is 14.8. The molecule has 1 atom stereocenters. The molecule has 9 heteroatoms. The minimum absolute atomic E-state index is 0.00271. The Morgan fingerprint density at radius 3 is 2.22 bits per heavy atom. The maximum atomic E-state index is 15.0. The molecule has 8 rings (SSSR count). The van der Waals surface area contributed by atoms with Gasteiger partial charge in [-0.2, -0.15) is 0 Å². The van der Waals surface area contributed by atoms with Gasteiger partial charge in [-0.05, 0) is 98.9 Å². The molecule has 0 aromatic heterocycles. The van der Waals surface area contributed by atoms with Crippen LogP contribution < -0.4 is 10.6 Å². The van der Waals surface area contributed by atoms with Gasteiger partial charge in [-0.25, -0.2) is 4.39 Å². The Kier molecular flexibility index (Phi) is 6.77. The van der Waals surface area contributed by atoms with Crippen molar-refractivity contribution in [3.05, 3.63) is 64.5 Å². The lowest BCUT2D eigenvalue weighted by atomic mass is 9.53. The topological polar surface area (TPSA) is 95.6 Å². The summed E-state index contributed by atoms with van der Waals surface area (Å²) in [6.07, 6.45) is 9.41. The number of halogens is 1. The summed E-state index contributed by atoms with van der Waals surface area (Å²) in [4.78, 5) is 51.3. The fourth-order valence-electron chi connectivity index (χ4n) is 8.40. The lowest BCUT2D eigenvalue weighted by Gasteiger charge is -2.57. The minimum Gasteiger partial charge on any atom is -0.311 e. The summed E-state index contributed by atoms with van der Waals surface area (Å²) in [6.45, 7) is 0.974. The quantitative estimate of drug-likeness (QED) is 0.352. The van der Waals surface area contributed by atoms with Crippen LogP contribution in [-0.2, 0) is 21.8 Å². The van der Waals surface area contributed by atoms with Crippen LogP contribution in [0.4, 0.5) is 4.39 Å². The van der Waals surface area contributed by atoms with E-state index in [0.717, 1.165) is 41.2 Å². The van der Waals surface area contributed by atoms with Crippen LogP contribution in [0.2, 0.25) is 0 Å². The van der Waals surface area contributed by atoms with Crippen molar-refractivity contribution in [3.8, 4) is 0 Å². The van der Waals surface area contributed by atoms with Crippen molar-refractivity contribution in [1.82, 2.24) is 15.5 Å². The molecule has 4 amide bonds. The summed E-state index contributed by atoms with van der Waals surface area (Å²) >= 11 is 1.18. The second-order valence-corrected chi connectivity index (χ2v) is 13.7. The van der Waals surface area contributed by atoms with Crippen LogP contribution in [0.3, 0.4) is 0 Å². The Morgan fingerprint density at radius 2 is 1.56 bits per heavy atom. The van der Waals surface area contributed by atoms with Gasteiger partial charge in [0.2, 0.25) is 11.8 Å². The van der Waals surface area contributed by atoms with Crippen LogP contribution in [0.5, 0.6) is 0 Å². The SMILES string of the molecule is O=C1CCC(N2C(=O)c3ccc(F)c(SCc4ccc(CCNC56CC7CC(CC(C7)C5)C6)cc4)c3C2=O)C(=O)N1. The second-order valence-electron chi connectivity index (χ2n) is 12.7.